The van der Waals surface area contributed by atoms with Gasteiger partial charge >= 0.3 is 6.18 Å². The second-order valence-electron chi connectivity index (χ2n) is 5.65. The number of anilines is 1. The van der Waals surface area contributed by atoms with Gasteiger partial charge in [0.2, 0.25) is 0 Å². The molecule has 1 saturated carbocycles. The van der Waals surface area contributed by atoms with E-state index < -0.39 is 11.9 Å². The molecule has 0 amide bonds. The van der Waals surface area contributed by atoms with Crippen molar-refractivity contribution in [1.29, 1.82) is 0 Å². The predicted octanol–water partition coefficient (Wildman–Crippen LogP) is 2.29. The van der Waals surface area contributed by atoms with Crippen LogP contribution in [0.5, 0.6) is 0 Å². The summed E-state index contributed by atoms with van der Waals surface area (Å²) in [6.45, 7) is 2.36. The highest BCUT2D eigenvalue weighted by Gasteiger charge is 2.41. The number of nitrogens with two attached hydrogens (primary N) is 1. The molecular formula is C13H16F3N5. The summed E-state index contributed by atoms with van der Waals surface area (Å²) < 4.78 is 39.5. The lowest BCUT2D eigenvalue weighted by Gasteiger charge is -2.30. The maximum atomic E-state index is 12.8. The Labute approximate surface area is 119 Å². The first-order valence-electron chi connectivity index (χ1n) is 6.73. The molecule has 0 aliphatic heterocycles. The van der Waals surface area contributed by atoms with E-state index in [4.69, 9.17) is 5.73 Å². The van der Waals surface area contributed by atoms with Gasteiger partial charge in [0, 0.05) is 25.0 Å². The number of aromatic nitrogens is 3. The quantitative estimate of drug-likeness (QED) is 0.909. The molecule has 0 saturated heterocycles. The molecule has 0 bridgehead atoms. The average Bonchev–Trinajstić information content (AvgIpc) is 3.17. The molecule has 0 radical (unpaired) electrons. The molecule has 5 nitrogen and oxygen atoms in total. The third kappa shape index (κ3) is 2.55. The van der Waals surface area contributed by atoms with Gasteiger partial charge in [-0.05, 0) is 25.7 Å². The molecule has 21 heavy (non-hydrogen) atoms. The van der Waals surface area contributed by atoms with E-state index in [1.807, 2.05) is 6.92 Å². The Morgan fingerprint density at radius 1 is 1.43 bits per heavy atom. The summed E-state index contributed by atoms with van der Waals surface area (Å²) in [5.74, 6) is 0.801. The van der Waals surface area contributed by atoms with E-state index in [1.54, 1.807) is 0 Å². The molecule has 2 aromatic rings. The zero-order valence-electron chi connectivity index (χ0n) is 11.5. The van der Waals surface area contributed by atoms with E-state index in [0.29, 0.717) is 23.8 Å². The maximum Gasteiger partial charge on any atom is 0.435 e. The smallest absolute Gasteiger partial charge is 0.362 e. The van der Waals surface area contributed by atoms with Crippen LogP contribution in [0.1, 0.15) is 25.5 Å². The fourth-order valence-corrected chi connectivity index (χ4v) is 2.47. The standard InChI is InChI=1S/C13H16F3N5/c1-12(7-17,8-2-3-8)19-11-9-6-10(13(14,15)16)20-21(9)5-4-18-11/h4-6,8H,2-3,7,17H2,1H3,(H,18,19). The fourth-order valence-electron chi connectivity index (χ4n) is 2.47. The van der Waals surface area contributed by atoms with Crippen molar-refractivity contribution in [3.63, 3.8) is 0 Å². The van der Waals surface area contributed by atoms with Gasteiger partial charge in [0.25, 0.3) is 0 Å². The van der Waals surface area contributed by atoms with Crippen molar-refractivity contribution in [3.8, 4) is 0 Å². The highest BCUT2D eigenvalue weighted by atomic mass is 19.4. The summed E-state index contributed by atoms with van der Waals surface area (Å²) in [4.78, 5) is 4.15. The van der Waals surface area contributed by atoms with Crippen molar-refractivity contribution in [3.05, 3.63) is 24.2 Å². The molecule has 2 aromatic heterocycles. The molecular weight excluding hydrogens is 283 g/mol. The molecule has 1 fully saturated rings. The van der Waals surface area contributed by atoms with E-state index in [2.05, 4.69) is 15.4 Å². The molecule has 2 heterocycles. The summed E-state index contributed by atoms with van der Waals surface area (Å²) in [5, 5.41) is 6.75. The molecule has 0 aromatic carbocycles. The van der Waals surface area contributed by atoms with Crippen LogP contribution in [0.4, 0.5) is 19.0 Å². The van der Waals surface area contributed by atoms with Crippen LogP contribution in [0.15, 0.2) is 18.5 Å². The summed E-state index contributed by atoms with van der Waals surface area (Å²) in [6, 6.07) is 0.999. The fraction of sp³-hybridized carbons (Fsp3) is 0.538. The lowest BCUT2D eigenvalue weighted by molar-refractivity contribution is -0.141. The highest BCUT2D eigenvalue weighted by Crippen LogP contribution is 2.41. The number of nitrogens with zero attached hydrogens (tertiary/aromatic N) is 3. The average molecular weight is 299 g/mol. The summed E-state index contributed by atoms with van der Waals surface area (Å²) in [7, 11) is 0. The van der Waals surface area contributed by atoms with Crippen molar-refractivity contribution in [2.45, 2.75) is 31.5 Å². The van der Waals surface area contributed by atoms with Gasteiger partial charge < -0.3 is 11.1 Å². The normalized spacial score (nSPS) is 18.7. The first-order valence-corrected chi connectivity index (χ1v) is 6.73. The minimum atomic E-state index is -4.48. The van der Waals surface area contributed by atoms with Crippen molar-refractivity contribution >= 4 is 11.3 Å². The third-order valence-corrected chi connectivity index (χ3v) is 3.99. The van der Waals surface area contributed by atoms with Gasteiger partial charge in [-0.25, -0.2) is 9.50 Å². The molecule has 1 unspecified atom stereocenters. The zero-order chi connectivity index (χ0) is 15.3. The van der Waals surface area contributed by atoms with Gasteiger partial charge in [-0.15, -0.1) is 0 Å². The van der Waals surface area contributed by atoms with Crippen LogP contribution in [-0.4, -0.2) is 26.7 Å². The number of hydrogen-bond acceptors (Lipinski definition) is 4. The van der Waals surface area contributed by atoms with Crippen LogP contribution in [0.2, 0.25) is 0 Å². The molecule has 1 atom stereocenters. The molecule has 3 rings (SSSR count). The minimum Gasteiger partial charge on any atom is -0.362 e. The van der Waals surface area contributed by atoms with Gasteiger partial charge in [-0.2, -0.15) is 18.3 Å². The Balaban J connectivity index is 2.00. The van der Waals surface area contributed by atoms with Gasteiger partial charge in [0.05, 0.1) is 5.54 Å². The second kappa shape index (κ2) is 4.59. The van der Waals surface area contributed by atoms with Crippen LogP contribution >= 0.6 is 0 Å². The van der Waals surface area contributed by atoms with E-state index in [1.165, 1.54) is 16.9 Å². The van der Waals surface area contributed by atoms with Crippen LogP contribution < -0.4 is 11.1 Å². The lowest BCUT2D eigenvalue weighted by Crippen LogP contribution is -2.45. The first-order chi connectivity index (χ1) is 9.83. The Kier molecular flexibility index (Phi) is 3.09. The minimum absolute atomic E-state index is 0.296. The van der Waals surface area contributed by atoms with Gasteiger partial charge in [-0.3, -0.25) is 0 Å². The molecule has 1 aliphatic carbocycles. The summed E-state index contributed by atoms with van der Waals surface area (Å²) >= 11 is 0. The predicted molar refractivity (Wildman–Crippen MR) is 71.8 cm³/mol. The molecule has 3 N–H and O–H groups in total. The van der Waals surface area contributed by atoms with Crippen molar-refractivity contribution in [2.75, 3.05) is 11.9 Å². The molecule has 114 valence electrons. The van der Waals surface area contributed by atoms with Crippen LogP contribution in [0.3, 0.4) is 0 Å². The maximum absolute atomic E-state index is 12.8. The lowest BCUT2D eigenvalue weighted by atomic mass is 9.96. The topological polar surface area (TPSA) is 68.2 Å². The van der Waals surface area contributed by atoms with E-state index in [9.17, 15) is 13.2 Å². The Morgan fingerprint density at radius 2 is 2.14 bits per heavy atom. The van der Waals surface area contributed by atoms with E-state index in [-0.39, 0.29) is 5.54 Å². The molecule has 1 aliphatic rings. The monoisotopic (exact) mass is 299 g/mol. The Hall–Kier alpha value is -1.83. The largest absolute Gasteiger partial charge is 0.435 e. The zero-order valence-corrected chi connectivity index (χ0v) is 11.5. The van der Waals surface area contributed by atoms with Crippen LogP contribution in [0, 0.1) is 5.92 Å². The van der Waals surface area contributed by atoms with Crippen LogP contribution in [0.25, 0.3) is 5.52 Å². The molecule has 8 heteroatoms. The number of rotatable bonds is 4. The van der Waals surface area contributed by atoms with Gasteiger partial charge in [0.1, 0.15) is 5.52 Å². The molecule has 0 spiro atoms. The van der Waals surface area contributed by atoms with E-state index >= 15 is 0 Å². The van der Waals surface area contributed by atoms with Crippen LogP contribution in [-0.2, 0) is 6.18 Å². The van der Waals surface area contributed by atoms with Gasteiger partial charge in [-0.1, -0.05) is 0 Å². The number of hydrogen-bond donors (Lipinski definition) is 2. The number of nitrogens with one attached hydrogen (secondary N) is 1. The Bertz CT molecular complexity index is 661. The SMILES string of the molecule is CC(CN)(Nc1nccn2nc(C(F)(F)F)cc12)C1CC1. The van der Waals surface area contributed by atoms with E-state index in [0.717, 1.165) is 18.9 Å². The first kappa shape index (κ1) is 14.1. The highest BCUT2D eigenvalue weighted by molar-refractivity contribution is 5.69. The number of fused-ring (bicyclic) bond motifs is 1. The third-order valence-electron chi connectivity index (χ3n) is 3.99. The number of alkyl halides is 3. The summed E-state index contributed by atoms with van der Waals surface area (Å²) in [6.07, 6.45) is 0.476. The number of halogens is 3. The van der Waals surface area contributed by atoms with Crippen molar-refractivity contribution in [2.24, 2.45) is 11.7 Å². The van der Waals surface area contributed by atoms with Crippen molar-refractivity contribution < 1.29 is 13.2 Å². The Morgan fingerprint density at radius 3 is 2.71 bits per heavy atom. The van der Waals surface area contributed by atoms with Crippen molar-refractivity contribution in [1.82, 2.24) is 14.6 Å². The van der Waals surface area contributed by atoms with Gasteiger partial charge in [0.15, 0.2) is 11.5 Å². The summed E-state index contributed by atoms with van der Waals surface area (Å²) in [5.41, 5.74) is 4.82. The second-order valence-corrected chi connectivity index (χ2v) is 5.65.